The van der Waals surface area contributed by atoms with E-state index in [1.807, 2.05) is 6.20 Å². The molecule has 2 fully saturated rings. The minimum atomic E-state index is 0.472. The first kappa shape index (κ1) is 17.0. The van der Waals surface area contributed by atoms with Gasteiger partial charge in [-0.15, -0.1) is 0 Å². The normalized spacial score (nSPS) is 21.2. The molecule has 4 rings (SSSR count). The first-order valence-corrected chi connectivity index (χ1v) is 10.3. The second kappa shape index (κ2) is 7.07. The molecule has 25 heavy (non-hydrogen) atoms. The van der Waals surface area contributed by atoms with Gasteiger partial charge in [-0.3, -0.25) is 9.88 Å². The molecule has 2 heteroatoms. The first-order chi connectivity index (χ1) is 12.2. The predicted octanol–water partition coefficient (Wildman–Crippen LogP) is 5.90. The van der Waals surface area contributed by atoms with E-state index >= 15 is 0 Å². The molecule has 1 aromatic heterocycles. The van der Waals surface area contributed by atoms with Crippen molar-refractivity contribution < 1.29 is 0 Å². The molecule has 2 heterocycles. The Morgan fingerprint density at radius 3 is 2.44 bits per heavy atom. The van der Waals surface area contributed by atoms with E-state index in [0.29, 0.717) is 11.3 Å². The Labute approximate surface area is 152 Å². The van der Waals surface area contributed by atoms with Crippen molar-refractivity contribution in [3.05, 3.63) is 41.7 Å². The molecule has 1 spiro atoms. The number of hydrogen-bond acceptors (Lipinski definition) is 2. The maximum atomic E-state index is 4.64. The van der Waals surface area contributed by atoms with E-state index in [2.05, 4.69) is 48.0 Å². The lowest BCUT2D eigenvalue weighted by molar-refractivity contribution is 0.0643. The highest BCUT2D eigenvalue weighted by molar-refractivity contribution is 5.87. The van der Waals surface area contributed by atoms with Gasteiger partial charge in [-0.2, -0.15) is 0 Å². The van der Waals surface area contributed by atoms with Crippen molar-refractivity contribution in [3.63, 3.8) is 0 Å². The Kier molecular flexibility index (Phi) is 4.82. The molecule has 0 bridgehead atoms. The van der Waals surface area contributed by atoms with Crippen molar-refractivity contribution >= 4 is 10.8 Å². The van der Waals surface area contributed by atoms with Crippen LogP contribution >= 0.6 is 0 Å². The van der Waals surface area contributed by atoms with Gasteiger partial charge in [-0.05, 0) is 67.1 Å². The topological polar surface area (TPSA) is 16.1 Å². The molecule has 1 saturated carbocycles. The largest absolute Gasteiger partial charge is 0.299 e. The summed E-state index contributed by atoms with van der Waals surface area (Å²) in [5, 5.41) is 2.75. The van der Waals surface area contributed by atoms with Crippen molar-refractivity contribution in [2.75, 3.05) is 13.1 Å². The van der Waals surface area contributed by atoms with Gasteiger partial charge in [0.1, 0.15) is 0 Å². The number of likely N-dealkylation sites (tertiary alicyclic amines) is 1. The standard InChI is InChI=1S/C23H32N2/c1-18(2)22-21-8-6-7-19(20(21)9-14-24-22)17-25-15-12-23(13-16-25)10-4-3-5-11-23/h6-9,14,18H,3-5,10-13,15-17H2,1-2H3. The summed E-state index contributed by atoms with van der Waals surface area (Å²) in [6.07, 6.45) is 12.2. The Balaban J connectivity index is 1.51. The van der Waals surface area contributed by atoms with Crippen LogP contribution in [0.3, 0.4) is 0 Å². The fourth-order valence-corrected chi connectivity index (χ4v) is 5.12. The van der Waals surface area contributed by atoms with Crippen LogP contribution < -0.4 is 0 Å². The summed E-state index contributed by atoms with van der Waals surface area (Å²) in [6.45, 7) is 8.12. The van der Waals surface area contributed by atoms with E-state index in [4.69, 9.17) is 0 Å². The van der Waals surface area contributed by atoms with Gasteiger partial charge in [-0.25, -0.2) is 0 Å². The van der Waals surface area contributed by atoms with E-state index in [9.17, 15) is 0 Å². The molecule has 2 aliphatic rings. The second-order valence-electron chi connectivity index (χ2n) is 8.70. The van der Waals surface area contributed by atoms with Crippen LogP contribution in [0.4, 0.5) is 0 Å². The van der Waals surface area contributed by atoms with Crippen LogP contribution in [0.25, 0.3) is 10.8 Å². The lowest BCUT2D eigenvalue weighted by Gasteiger charge is -2.44. The minimum absolute atomic E-state index is 0.472. The molecule has 134 valence electrons. The highest BCUT2D eigenvalue weighted by Crippen LogP contribution is 2.44. The number of hydrogen-bond donors (Lipinski definition) is 0. The minimum Gasteiger partial charge on any atom is -0.299 e. The molecule has 0 radical (unpaired) electrons. The predicted molar refractivity (Wildman–Crippen MR) is 106 cm³/mol. The average molecular weight is 337 g/mol. The van der Waals surface area contributed by atoms with Crippen molar-refractivity contribution in [3.8, 4) is 0 Å². The van der Waals surface area contributed by atoms with Crippen molar-refractivity contribution in [1.29, 1.82) is 0 Å². The second-order valence-corrected chi connectivity index (χ2v) is 8.70. The maximum Gasteiger partial charge on any atom is 0.0507 e. The molecule has 0 N–H and O–H groups in total. The van der Waals surface area contributed by atoms with Crippen molar-refractivity contribution in [2.24, 2.45) is 5.41 Å². The SMILES string of the molecule is CC(C)c1nccc2c(CN3CCC4(CCCCC4)CC3)cccc12. The van der Waals surface area contributed by atoms with Gasteiger partial charge in [0.15, 0.2) is 0 Å². The summed E-state index contributed by atoms with van der Waals surface area (Å²) < 4.78 is 0. The Morgan fingerprint density at radius 2 is 1.72 bits per heavy atom. The zero-order chi connectivity index (χ0) is 17.3. The van der Waals surface area contributed by atoms with Crippen LogP contribution in [0.15, 0.2) is 30.5 Å². The number of rotatable bonds is 3. The zero-order valence-electron chi connectivity index (χ0n) is 15.9. The smallest absolute Gasteiger partial charge is 0.0507 e. The zero-order valence-corrected chi connectivity index (χ0v) is 15.9. The summed E-state index contributed by atoms with van der Waals surface area (Å²) in [4.78, 5) is 7.32. The van der Waals surface area contributed by atoms with Crippen LogP contribution in [0.5, 0.6) is 0 Å². The number of nitrogens with zero attached hydrogens (tertiary/aromatic N) is 2. The number of pyridine rings is 1. The van der Waals surface area contributed by atoms with Gasteiger partial charge in [-0.1, -0.05) is 51.3 Å². The first-order valence-electron chi connectivity index (χ1n) is 10.3. The highest BCUT2D eigenvalue weighted by Gasteiger charge is 2.35. The summed E-state index contributed by atoms with van der Waals surface area (Å²) in [5.41, 5.74) is 3.41. The van der Waals surface area contributed by atoms with Crippen molar-refractivity contribution in [1.82, 2.24) is 9.88 Å². The summed E-state index contributed by atoms with van der Waals surface area (Å²) in [7, 11) is 0. The third-order valence-corrected chi connectivity index (χ3v) is 6.70. The molecule has 0 atom stereocenters. The molecular weight excluding hydrogens is 304 g/mol. The fourth-order valence-electron chi connectivity index (χ4n) is 5.12. The van der Waals surface area contributed by atoms with Gasteiger partial charge in [0.05, 0.1) is 5.69 Å². The third kappa shape index (κ3) is 3.46. The highest BCUT2D eigenvalue weighted by atomic mass is 15.1. The van der Waals surface area contributed by atoms with Crippen LogP contribution in [0, 0.1) is 5.41 Å². The van der Waals surface area contributed by atoms with E-state index < -0.39 is 0 Å². The van der Waals surface area contributed by atoms with E-state index in [0.717, 1.165) is 6.54 Å². The molecule has 0 unspecified atom stereocenters. The molecule has 1 saturated heterocycles. The fraction of sp³-hybridized carbons (Fsp3) is 0.609. The lowest BCUT2D eigenvalue weighted by Crippen LogP contribution is -2.40. The van der Waals surface area contributed by atoms with Gasteiger partial charge < -0.3 is 0 Å². The summed E-state index contributed by atoms with van der Waals surface area (Å²) in [5.74, 6) is 0.472. The van der Waals surface area contributed by atoms with Crippen LogP contribution in [-0.4, -0.2) is 23.0 Å². The van der Waals surface area contributed by atoms with Crippen LogP contribution in [-0.2, 0) is 6.54 Å². The Bertz CT molecular complexity index is 718. The molecule has 1 aromatic carbocycles. The Hall–Kier alpha value is -1.41. The van der Waals surface area contributed by atoms with Crippen LogP contribution in [0.2, 0.25) is 0 Å². The van der Waals surface area contributed by atoms with E-state index in [1.54, 1.807) is 0 Å². The van der Waals surface area contributed by atoms with Gasteiger partial charge in [0, 0.05) is 18.1 Å². The maximum absolute atomic E-state index is 4.64. The number of benzene rings is 1. The monoisotopic (exact) mass is 336 g/mol. The van der Waals surface area contributed by atoms with Gasteiger partial charge >= 0.3 is 0 Å². The number of piperidine rings is 1. The Morgan fingerprint density at radius 1 is 0.960 bits per heavy atom. The quantitative estimate of drug-likeness (QED) is 0.693. The van der Waals surface area contributed by atoms with Crippen molar-refractivity contribution in [2.45, 2.75) is 71.3 Å². The van der Waals surface area contributed by atoms with Gasteiger partial charge in [0.2, 0.25) is 0 Å². The summed E-state index contributed by atoms with van der Waals surface area (Å²) >= 11 is 0. The molecule has 2 aromatic rings. The summed E-state index contributed by atoms with van der Waals surface area (Å²) in [6, 6.07) is 8.99. The molecule has 2 nitrogen and oxygen atoms in total. The molecular formula is C23H32N2. The van der Waals surface area contributed by atoms with E-state index in [-0.39, 0.29) is 0 Å². The number of aromatic nitrogens is 1. The van der Waals surface area contributed by atoms with E-state index in [1.165, 1.54) is 80.1 Å². The number of fused-ring (bicyclic) bond motifs is 1. The van der Waals surface area contributed by atoms with Crippen LogP contribution in [0.1, 0.15) is 76.0 Å². The van der Waals surface area contributed by atoms with Gasteiger partial charge in [0.25, 0.3) is 0 Å². The third-order valence-electron chi connectivity index (χ3n) is 6.70. The lowest BCUT2D eigenvalue weighted by atomic mass is 9.68. The molecule has 1 aliphatic carbocycles. The molecule has 1 aliphatic heterocycles. The molecule has 0 amide bonds. The average Bonchev–Trinajstić information content (AvgIpc) is 2.64.